The van der Waals surface area contributed by atoms with E-state index in [9.17, 15) is 14.4 Å². The number of carbonyl (C=O) groups is 3. The molecule has 1 N–H and O–H groups in total. The average Bonchev–Trinajstić information content (AvgIpc) is 3.38. The van der Waals surface area contributed by atoms with Crippen LogP contribution in [0.3, 0.4) is 0 Å². The van der Waals surface area contributed by atoms with E-state index in [-0.39, 0.29) is 25.0 Å². The maximum absolute atomic E-state index is 13.4. The van der Waals surface area contributed by atoms with Gasteiger partial charge in [0.15, 0.2) is 0 Å². The summed E-state index contributed by atoms with van der Waals surface area (Å²) in [7, 11) is 1.32. The van der Waals surface area contributed by atoms with E-state index in [0.717, 1.165) is 22.9 Å². The molecule has 4 rings (SSSR count). The van der Waals surface area contributed by atoms with Crippen LogP contribution in [0.1, 0.15) is 52.5 Å². The van der Waals surface area contributed by atoms with E-state index in [1.54, 1.807) is 27.0 Å². The summed E-state index contributed by atoms with van der Waals surface area (Å²) >= 11 is 0. The molecule has 1 aromatic heterocycles. The number of methoxy groups -OCH3 is 1. The van der Waals surface area contributed by atoms with Crippen LogP contribution in [-0.2, 0) is 30.4 Å². The SMILES string of the molecule is CCC1CC1(NC(=O)C1CC(OCc2cccc3cccnc23)CN1C(=O)OC(C)(C)C)C(=O)OC. The van der Waals surface area contributed by atoms with E-state index in [2.05, 4.69) is 10.3 Å². The Kier molecular flexibility index (Phi) is 7.22. The number of rotatable bonds is 7. The fraction of sp³-hybridized carbons (Fsp3) is 0.556. The number of amides is 2. The topological polar surface area (TPSA) is 107 Å². The number of benzene rings is 1. The molecule has 4 atom stereocenters. The van der Waals surface area contributed by atoms with Gasteiger partial charge in [0.25, 0.3) is 0 Å². The molecule has 9 nitrogen and oxygen atoms in total. The number of nitrogens with zero attached hydrogens (tertiary/aromatic N) is 2. The quantitative estimate of drug-likeness (QED) is 0.583. The van der Waals surface area contributed by atoms with Gasteiger partial charge in [0.2, 0.25) is 5.91 Å². The lowest BCUT2D eigenvalue weighted by Crippen LogP contribution is -2.53. The molecule has 0 bridgehead atoms. The Bertz CT molecular complexity index is 1140. The molecule has 2 aliphatic rings. The van der Waals surface area contributed by atoms with Crippen LogP contribution in [-0.4, -0.2) is 64.8 Å². The monoisotopic (exact) mass is 497 g/mol. The predicted molar refractivity (Wildman–Crippen MR) is 133 cm³/mol. The molecule has 1 aliphatic carbocycles. The van der Waals surface area contributed by atoms with Crippen molar-refractivity contribution in [3.63, 3.8) is 0 Å². The van der Waals surface area contributed by atoms with Crippen molar-refractivity contribution in [3.8, 4) is 0 Å². The minimum atomic E-state index is -1.03. The third-order valence-corrected chi connectivity index (χ3v) is 6.88. The van der Waals surface area contributed by atoms with Crippen molar-refractivity contribution in [1.82, 2.24) is 15.2 Å². The maximum atomic E-state index is 13.4. The third kappa shape index (κ3) is 5.31. The van der Waals surface area contributed by atoms with Crippen molar-refractivity contribution >= 4 is 28.9 Å². The first kappa shape index (κ1) is 25.9. The molecule has 2 heterocycles. The first-order valence-corrected chi connectivity index (χ1v) is 12.4. The van der Waals surface area contributed by atoms with E-state index < -0.39 is 35.2 Å². The normalized spacial score (nSPS) is 25.5. The highest BCUT2D eigenvalue weighted by molar-refractivity contribution is 5.94. The molecule has 1 aromatic carbocycles. The minimum Gasteiger partial charge on any atom is -0.467 e. The largest absolute Gasteiger partial charge is 0.467 e. The lowest BCUT2D eigenvalue weighted by Gasteiger charge is -2.29. The van der Waals surface area contributed by atoms with Crippen LogP contribution in [0.4, 0.5) is 4.79 Å². The van der Waals surface area contributed by atoms with Gasteiger partial charge < -0.3 is 19.5 Å². The van der Waals surface area contributed by atoms with Crippen LogP contribution in [0.2, 0.25) is 0 Å². The van der Waals surface area contributed by atoms with E-state index in [1.807, 2.05) is 37.3 Å². The highest BCUT2D eigenvalue weighted by Gasteiger charge is 2.62. The second-order valence-corrected chi connectivity index (χ2v) is 10.6. The summed E-state index contributed by atoms with van der Waals surface area (Å²) in [4.78, 5) is 44.8. The van der Waals surface area contributed by atoms with Gasteiger partial charge in [-0.1, -0.05) is 37.6 Å². The molecule has 1 saturated carbocycles. The molecule has 0 radical (unpaired) electrons. The Hall–Kier alpha value is -3.20. The molecular formula is C27H35N3O6. The van der Waals surface area contributed by atoms with Gasteiger partial charge in [-0.25, -0.2) is 9.59 Å². The summed E-state index contributed by atoms with van der Waals surface area (Å²) < 4.78 is 16.7. The Labute approximate surface area is 211 Å². The predicted octanol–water partition coefficient (Wildman–Crippen LogP) is 3.59. The van der Waals surface area contributed by atoms with Gasteiger partial charge >= 0.3 is 12.1 Å². The molecule has 2 aromatic rings. The Morgan fingerprint density at radius 1 is 1.19 bits per heavy atom. The fourth-order valence-corrected chi connectivity index (χ4v) is 4.94. The third-order valence-electron chi connectivity index (χ3n) is 6.88. The van der Waals surface area contributed by atoms with Gasteiger partial charge in [-0.05, 0) is 39.2 Å². The van der Waals surface area contributed by atoms with Crippen molar-refractivity contribution in [3.05, 3.63) is 42.1 Å². The minimum absolute atomic E-state index is 0.0104. The first-order chi connectivity index (χ1) is 17.1. The molecule has 1 saturated heterocycles. The van der Waals surface area contributed by atoms with Gasteiger partial charge in [0.1, 0.15) is 17.2 Å². The van der Waals surface area contributed by atoms with Gasteiger partial charge in [-0.15, -0.1) is 0 Å². The molecular weight excluding hydrogens is 462 g/mol. The second-order valence-electron chi connectivity index (χ2n) is 10.6. The Morgan fingerprint density at radius 3 is 2.61 bits per heavy atom. The summed E-state index contributed by atoms with van der Waals surface area (Å²) in [6.45, 7) is 7.79. The summed E-state index contributed by atoms with van der Waals surface area (Å²) in [5.41, 5.74) is 0.0325. The van der Waals surface area contributed by atoms with Crippen LogP contribution in [0.15, 0.2) is 36.5 Å². The molecule has 2 fully saturated rings. The highest BCUT2D eigenvalue weighted by Crippen LogP contribution is 2.47. The van der Waals surface area contributed by atoms with Crippen molar-refractivity contribution in [2.45, 2.75) is 76.9 Å². The zero-order valence-corrected chi connectivity index (χ0v) is 21.6. The van der Waals surface area contributed by atoms with Crippen molar-refractivity contribution < 1.29 is 28.6 Å². The van der Waals surface area contributed by atoms with Gasteiger partial charge in [0, 0.05) is 23.6 Å². The van der Waals surface area contributed by atoms with Crippen LogP contribution in [0.25, 0.3) is 10.9 Å². The maximum Gasteiger partial charge on any atom is 0.411 e. The van der Waals surface area contributed by atoms with Crippen LogP contribution < -0.4 is 5.32 Å². The summed E-state index contributed by atoms with van der Waals surface area (Å²) in [6, 6.07) is 8.95. The number of hydrogen-bond acceptors (Lipinski definition) is 7. The van der Waals surface area contributed by atoms with Crippen molar-refractivity contribution in [2.75, 3.05) is 13.7 Å². The number of aromatic nitrogens is 1. The number of likely N-dealkylation sites (tertiary alicyclic amines) is 1. The van der Waals surface area contributed by atoms with Gasteiger partial charge in [-0.3, -0.25) is 14.7 Å². The number of carbonyl (C=O) groups excluding carboxylic acids is 3. The molecule has 194 valence electrons. The number of ether oxygens (including phenoxy) is 3. The standard InChI is InChI=1S/C27H35N3O6/c1-6-19-14-27(19,24(32)34-5)29-23(31)21-13-20(15-30(21)25(33)36-26(2,3)4)35-16-18-10-7-9-17-11-8-12-28-22(17)18/h7-12,19-21H,6,13-16H2,1-5H3,(H,29,31). The number of pyridine rings is 1. The Morgan fingerprint density at radius 2 is 1.94 bits per heavy atom. The van der Waals surface area contributed by atoms with Crippen molar-refractivity contribution in [2.24, 2.45) is 5.92 Å². The average molecular weight is 498 g/mol. The van der Waals surface area contributed by atoms with Gasteiger partial charge in [0.05, 0.1) is 31.9 Å². The van der Waals surface area contributed by atoms with Crippen molar-refractivity contribution in [1.29, 1.82) is 0 Å². The highest BCUT2D eigenvalue weighted by atomic mass is 16.6. The molecule has 4 unspecified atom stereocenters. The molecule has 1 aliphatic heterocycles. The second kappa shape index (κ2) is 10.0. The number of esters is 1. The van der Waals surface area contributed by atoms with Crippen LogP contribution in [0.5, 0.6) is 0 Å². The van der Waals surface area contributed by atoms with Crippen LogP contribution in [0, 0.1) is 5.92 Å². The number of hydrogen-bond donors (Lipinski definition) is 1. The lowest BCUT2D eigenvalue weighted by molar-refractivity contribution is -0.147. The number of fused-ring (bicyclic) bond motifs is 1. The zero-order chi connectivity index (χ0) is 26.1. The van der Waals surface area contributed by atoms with Gasteiger partial charge in [-0.2, -0.15) is 0 Å². The first-order valence-electron chi connectivity index (χ1n) is 12.4. The Balaban J connectivity index is 1.50. The number of nitrogens with one attached hydrogen (secondary N) is 1. The summed E-state index contributed by atoms with van der Waals surface area (Å²) in [5, 5.41) is 3.91. The molecule has 9 heteroatoms. The van der Waals surface area contributed by atoms with E-state index in [4.69, 9.17) is 14.2 Å². The lowest BCUT2D eigenvalue weighted by atomic mass is 10.1. The number of para-hydroxylation sites is 1. The molecule has 36 heavy (non-hydrogen) atoms. The fourth-order valence-electron chi connectivity index (χ4n) is 4.94. The smallest absolute Gasteiger partial charge is 0.411 e. The van der Waals surface area contributed by atoms with E-state index >= 15 is 0 Å². The summed E-state index contributed by atoms with van der Waals surface area (Å²) in [5.74, 6) is -0.850. The van der Waals surface area contributed by atoms with E-state index in [0.29, 0.717) is 13.0 Å². The molecule has 2 amide bonds. The summed E-state index contributed by atoms with van der Waals surface area (Å²) in [6.07, 6.45) is 2.32. The van der Waals surface area contributed by atoms with Crippen LogP contribution >= 0.6 is 0 Å². The zero-order valence-electron chi connectivity index (χ0n) is 21.6. The van der Waals surface area contributed by atoms with E-state index in [1.165, 1.54) is 12.0 Å². The molecule has 0 spiro atoms.